The van der Waals surface area contributed by atoms with Gasteiger partial charge in [0.15, 0.2) is 6.23 Å². The van der Waals surface area contributed by atoms with E-state index in [2.05, 4.69) is 9.97 Å². The molecule has 21 heavy (non-hydrogen) atoms. The Labute approximate surface area is 119 Å². The molecule has 3 heterocycles. The molecule has 0 amide bonds. The molecule has 9 heteroatoms. The maximum atomic E-state index is 10.5. The van der Waals surface area contributed by atoms with Crippen LogP contribution in [0, 0.1) is 0 Å². The summed E-state index contributed by atoms with van der Waals surface area (Å²) < 4.78 is 7.06. The molecule has 0 aliphatic carbocycles. The van der Waals surface area contributed by atoms with Gasteiger partial charge < -0.3 is 36.1 Å². The number of fused-ring (bicyclic) bond motifs is 1. The molecule has 1 saturated heterocycles. The zero-order valence-corrected chi connectivity index (χ0v) is 11.3. The fourth-order valence-corrected chi connectivity index (χ4v) is 2.65. The number of rotatable bonds is 2. The van der Waals surface area contributed by atoms with Crippen molar-refractivity contribution in [2.45, 2.75) is 31.0 Å². The van der Waals surface area contributed by atoms with Crippen LogP contribution in [0.15, 0.2) is 12.3 Å². The minimum Gasteiger partial charge on any atom is -0.394 e. The summed E-state index contributed by atoms with van der Waals surface area (Å²) in [6.45, 7) is 1.02. The van der Waals surface area contributed by atoms with E-state index in [4.69, 9.17) is 16.2 Å². The second-order valence-corrected chi connectivity index (χ2v) is 5.31. The van der Waals surface area contributed by atoms with Crippen molar-refractivity contribution in [3.05, 3.63) is 12.3 Å². The summed E-state index contributed by atoms with van der Waals surface area (Å²) in [4.78, 5) is 7.96. The minimum atomic E-state index is -1.60. The van der Waals surface area contributed by atoms with Gasteiger partial charge in [-0.05, 0) is 13.0 Å². The van der Waals surface area contributed by atoms with Gasteiger partial charge in [0.1, 0.15) is 29.3 Å². The molecule has 1 aliphatic heterocycles. The van der Waals surface area contributed by atoms with Gasteiger partial charge in [0.05, 0.1) is 12.0 Å². The number of nitrogens with two attached hydrogens (primary N) is 2. The van der Waals surface area contributed by atoms with Gasteiger partial charge in [-0.2, -0.15) is 9.97 Å². The predicted octanol–water partition coefficient (Wildman–Crippen LogP) is -1.40. The first kappa shape index (κ1) is 14.0. The van der Waals surface area contributed by atoms with Gasteiger partial charge in [-0.3, -0.25) is 0 Å². The Balaban J connectivity index is 2.13. The number of aromatic nitrogens is 3. The highest BCUT2D eigenvalue weighted by Crippen LogP contribution is 2.40. The topological polar surface area (TPSA) is 153 Å². The summed E-state index contributed by atoms with van der Waals surface area (Å²) in [5, 5.41) is 30.3. The smallest absolute Gasteiger partial charge is 0.223 e. The minimum absolute atomic E-state index is 0.00292. The summed E-state index contributed by atoms with van der Waals surface area (Å²) in [7, 11) is 0. The van der Waals surface area contributed by atoms with E-state index in [1.165, 1.54) is 11.5 Å². The van der Waals surface area contributed by atoms with Gasteiger partial charge in [-0.25, -0.2) is 0 Å². The molecule has 1 unspecified atom stereocenters. The Hall–Kier alpha value is -1.94. The summed E-state index contributed by atoms with van der Waals surface area (Å²) in [5.41, 5.74) is 10.2. The van der Waals surface area contributed by atoms with Gasteiger partial charge >= 0.3 is 0 Å². The summed E-state index contributed by atoms with van der Waals surface area (Å²) >= 11 is 0. The molecule has 1 aliphatic rings. The molecule has 2 aromatic rings. The lowest BCUT2D eigenvalue weighted by Crippen LogP contribution is -2.44. The molecule has 3 rings (SSSR count). The second-order valence-electron chi connectivity index (χ2n) is 5.31. The van der Waals surface area contributed by atoms with Crippen molar-refractivity contribution in [3.8, 4) is 0 Å². The van der Waals surface area contributed by atoms with Crippen LogP contribution in [0.5, 0.6) is 0 Å². The monoisotopic (exact) mass is 295 g/mol. The largest absolute Gasteiger partial charge is 0.394 e. The van der Waals surface area contributed by atoms with Crippen LogP contribution in [0.1, 0.15) is 13.2 Å². The predicted molar refractivity (Wildman–Crippen MR) is 74.0 cm³/mol. The number of nitrogens with zero attached hydrogens (tertiary/aromatic N) is 3. The van der Waals surface area contributed by atoms with Crippen LogP contribution in [0.4, 0.5) is 11.8 Å². The quantitative estimate of drug-likeness (QED) is 0.453. The van der Waals surface area contributed by atoms with Crippen LogP contribution in [0.25, 0.3) is 11.0 Å². The maximum Gasteiger partial charge on any atom is 0.223 e. The van der Waals surface area contributed by atoms with Crippen molar-refractivity contribution in [3.63, 3.8) is 0 Å². The Morgan fingerprint density at radius 2 is 2.14 bits per heavy atom. The second kappa shape index (κ2) is 4.53. The van der Waals surface area contributed by atoms with Gasteiger partial charge in [-0.15, -0.1) is 0 Å². The first-order valence-electron chi connectivity index (χ1n) is 6.42. The fourth-order valence-electron chi connectivity index (χ4n) is 2.65. The van der Waals surface area contributed by atoms with E-state index < -0.39 is 30.6 Å². The van der Waals surface area contributed by atoms with E-state index >= 15 is 0 Å². The molecular weight excluding hydrogens is 278 g/mol. The zero-order chi connectivity index (χ0) is 15.4. The highest BCUT2D eigenvalue weighted by molar-refractivity contribution is 5.87. The summed E-state index contributed by atoms with van der Waals surface area (Å²) in [6, 6.07) is 1.67. The maximum absolute atomic E-state index is 10.5. The molecule has 0 bridgehead atoms. The van der Waals surface area contributed by atoms with Crippen molar-refractivity contribution in [1.82, 2.24) is 14.5 Å². The lowest BCUT2D eigenvalue weighted by molar-refractivity contribution is -0.0948. The first-order valence-corrected chi connectivity index (χ1v) is 6.42. The van der Waals surface area contributed by atoms with E-state index in [0.29, 0.717) is 11.0 Å². The van der Waals surface area contributed by atoms with Crippen molar-refractivity contribution in [2.24, 2.45) is 0 Å². The molecule has 0 radical (unpaired) electrons. The van der Waals surface area contributed by atoms with E-state index in [-0.39, 0.29) is 11.8 Å². The third-order valence-electron chi connectivity index (χ3n) is 3.81. The zero-order valence-electron chi connectivity index (χ0n) is 11.3. The van der Waals surface area contributed by atoms with E-state index in [9.17, 15) is 15.3 Å². The van der Waals surface area contributed by atoms with Crippen LogP contribution < -0.4 is 11.5 Å². The number of nitrogen functional groups attached to an aromatic ring is 2. The number of aliphatic hydroxyl groups is 3. The number of hydrogen-bond donors (Lipinski definition) is 5. The van der Waals surface area contributed by atoms with Gasteiger partial charge in [0.2, 0.25) is 5.95 Å². The summed E-state index contributed by atoms with van der Waals surface area (Å²) in [6.07, 6.45) is -1.45. The van der Waals surface area contributed by atoms with Crippen molar-refractivity contribution < 1.29 is 20.1 Å². The number of aliphatic hydroxyl groups excluding tert-OH is 2. The Morgan fingerprint density at radius 1 is 1.43 bits per heavy atom. The molecule has 1 fully saturated rings. The van der Waals surface area contributed by atoms with Crippen molar-refractivity contribution in [1.29, 1.82) is 0 Å². The third kappa shape index (κ3) is 1.94. The highest BCUT2D eigenvalue weighted by atomic mass is 16.6. The number of ether oxygens (including phenoxy) is 1. The molecule has 0 spiro atoms. The Morgan fingerprint density at radius 3 is 2.76 bits per heavy atom. The fraction of sp³-hybridized carbons (Fsp3) is 0.500. The normalized spacial score (nSPS) is 32.9. The molecule has 0 aromatic carbocycles. The molecule has 4 atom stereocenters. The Kier molecular flexibility index (Phi) is 3.02. The van der Waals surface area contributed by atoms with E-state index in [0.717, 1.165) is 0 Å². The lowest BCUT2D eigenvalue weighted by atomic mass is 9.96. The van der Waals surface area contributed by atoms with Crippen LogP contribution in [-0.4, -0.2) is 54.3 Å². The van der Waals surface area contributed by atoms with E-state index in [1.54, 1.807) is 12.3 Å². The number of hydrogen-bond acceptors (Lipinski definition) is 8. The Bertz CT molecular complexity index is 686. The first-order chi connectivity index (χ1) is 9.86. The average molecular weight is 295 g/mol. The van der Waals surface area contributed by atoms with Crippen LogP contribution in [0.2, 0.25) is 0 Å². The molecule has 0 saturated carbocycles. The van der Waals surface area contributed by atoms with Crippen molar-refractivity contribution >= 4 is 22.8 Å². The number of anilines is 2. The van der Waals surface area contributed by atoms with Crippen molar-refractivity contribution in [2.75, 3.05) is 18.1 Å². The van der Waals surface area contributed by atoms with Gasteiger partial charge in [0.25, 0.3) is 0 Å². The standard InChI is InChI=1S/C12H17N5O4/c1-12(20)7(19)6(4-18)21-10(12)17-3-2-5-8(13)15-11(14)16-9(5)17/h2-3,6-7,10,18-20H,4H2,1H3,(H4,13,14,15,16)/t6-,7-,10?,12-/m1/s1. The van der Waals surface area contributed by atoms with Gasteiger partial charge in [-0.1, -0.05) is 0 Å². The van der Waals surface area contributed by atoms with E-state index in [1.807, 2.05) is 0 Å². The van der Waals surface area contributed by atoms with Gasteiger partial charge in [0, 0.05) is 6.20 Å². The lowest BCUT2D eigenvalue weighted by Gasteiger charge is -2.27. The molecular formula is C12H17N5O4. The average Bonchev–Trinajstić information content (AvgIpc) is 2.91. The molecule has 9 nitrogen and oxygen atoms in total. The van der Waals surface area contributed by atoms with Crippen LogP contribution >= 0.6 is 0 Å². The SMILES string of the molecule is C[C@]1(O)C(n2ccc3c(N)nc(N)nc32)O[C@H](CO)[C@H]1O. The highest BCUT2D eigenvalue weighted by Gasteiger charge is 2.53. The molecule has 114 valence electrons. The third-order valence-corrected chi connectivity index (χ3v) is 3.81. The summed E-state index contributed by atoms with van der Waals surface area (Å²) in [5.74, 6) is 0.213. The molecule has 2 aromatic heterocycles. The molecule has 7 N–H and O–H groups in total. The van der Waals surface area contributed by atoms with Crippen LogP contribution in [0.3, 0.4) is 0 Å². The van der Waals surface area contributed by atoms with Crippen LogP contribution in [-0.2, 0) is 4.74 Å².